The van der Waals surface area contributed by atoms with Gasteiger partial charge in [-0.05, 0) is 56.2 Å². The summed E-state index contributed by atoms with van der Waals surface area (Å²) in [6, 6.07) is 5.24. The molecule has 3 heteroatoms. The van der Waals surface area contributed by atoms with Crippen LogP contribution in [0.25, 0.3) is 0 Å². The van der Waals surface area contributed by atoms with E-state index in [1.807, 2.05) is 0 Å². The number of hydrogen-bond acceptors (Lipinski definition) is 3. The molecule has 1 aliphatic carbocycles. The maximum absolute atomic E-state index is 4.76. The molecule has 0 spiro atoms. The molecule has 1 N–H and O–H groups in total. The monoisotopic (exact) mass is 287 g/mol. The van der Waals surface area contributed by atoms with Crippen LogP contribution < -0.4 is 10.2 Å². The number of hydrogen-bond donors (Lipinski definition) is 1. The summed E-state index contributed by atoms with van der Waals surface area (Å²) in [5, 5.41) is 3.44. The lowest BCUT2D eigenvalue weighted by atomic mass is 9.78. The quantitative estimate of drug-likeness (QED) is 0.836. The molecule has 0 aromatic carbocycles. The number of nitrogens with zero attached hydrogens (tertiary/aromatic N) is 2. The Morgan fingerprint density at radius 1 is 1.19 bits per heavy atom. The zero-order valence-electron chi connectivity index (χ0n) is 13.4. The molecule has 0 radical (unpaired) electrons. The predicted octanol–water partition coefficient (Wildman–Crippen LogP) is 3.74. The van der Waals surface area contributed by atoms with E-state index in [2.05, 4.69) is 35.5 Å². The van der Waals surface area contributed by atoms with Gasteiger partial charge in [-0.1, -0.05) is 25.8 Å². The van der Waals surface area contributed by atoms with Crippen LogP contribution in [0.2, 0.25) is 0 Å². The lowest BCUT2D eigenvalue weighted by Crippen LogP contribution is -2.47. The first-order valence-electron chi connectivity index (χ1n) is 8.81. The molecule has 1 saturated carbocycles. The second-order valence-electron chi connectivity index (χ2n) is 6.65. The highest BCUT2D eigenvalue weighted by molar-refractivity contribution is 5.41. The maximum Gasteiger partial charge on any atom is 0.128 e. The summed E-state index contributed by atoms with van der Waals surface area (Å²) < 4.78 is 0. The molecule has 0 amide bonds. The molecular formula is C18H29N3. The van der Waals surface area contributed by atoms with Gasteiger partial charge in [-0.25, -0.2) is 4.98 Å². The second-order valence-corrected chi connectivity index (χ2v) is 6.65. The largest absolute Gasteiger partial charge is 0.353 e. The average Bonchev–Trinajstić information content (AvgIpc) is 2.55. The molecule has 3 rings (SSSR count). The van der Waals surface area contributed by atoms with Crippen LogP contribution in [0, 0.1) is 5.92 Å². The Bertz CT molecular complexity index is 427. The molecule has 2 heterocycles. The third kappa shape index (κ3) is 3.57. The number of anilines is 1. The second kappa shape index (κ2) is 7.26. The Hall–Kier alpha value is -1.09. The maximum atomic E-state index is 4.76. The van der Waals surface area contributed by atoms with Crippen molar-refractivity contribution in [3.05, 3.63) is 23.9 Å². The fourth-order valence-electron chi connectivity index (χ4n) is 4.01. The van der Waals surface area contributed by atoms with Crippen molar-refractivity contribution in [3.63, 3.8) is 0 Å². The summed E-state index contributed by atoms with van der Waals surface area (Å²) in [7, 11) is 0. The molecule has 3 nitrogen and oxygen atoms in total. The highest BCUT2D eigenvalue weighted by Crippen LogP contribution is 2.37. The van der Waals surface area contributed by atoms with Crippen molar-refractivity contribution < 1.29 is 0 Å². The van der Waals surface area contributed by atoms with Crippen LogP contribution in [0.4, 0.5) is 5.82 Å². The van der Waals surface area contributed by atoms with Crippen molar-refractivity contribution in [2.75, 3.05) is 18.0 Å². The molecule has 1 aliphatic heterocycles. The van der Waals surface area contributed by atoms with Gasteiger partial charge in [-0.3, -0.25) is 0 Å². The molecule has 0 bridgehead atoms. The Morgan fingerprint density at radius 2 is 2.05 bits per heavy atom. The first-order chi connectivity index (χ1) is 10.4. The van der Waals surface area contributed by atoms with Crippen molar-refractivity contribution in [2.45, 2.75) is 64.5 Å². The molecular weight excluding hydrogens is 258 g/mol. The number of nitrogens with one attached hydrogen (secondary N) is 1. The zero-order valence-corrected chi connectivity index (χ0v) is 13.4. The molecule has 1 aromatic rings. The van der Waals surface area contributed by atoms with Gasteiger partial charge in [0.05, 0.1) is 0 Å². The van der Waals surface area contributed by atoms with E-state index in [0.717, 1.165) is 25.0 Å². The lowest BCUT2D eigenvalue weighted by molar-refractivity contribution is 0.242. The Kier molecular flexibility index (Phi) is 5.13. The van der Waals surface area contributed by atoms with Crippen LogP contribution >= 0.6 is 0 Å². The minimum absolute atomic E-state index is 0.754. The molecule has 116 valence electrons. The van der Waals surface area contributed by atoms with Crippen molar-refractivity contribution in [1.82, 2.24) is 10.3 Å². The van der Waals surface area contributed by atoms with E-state index >= 15 is 0 Å². The highest BCUT2D eigenvalue weighted by Gasteiger charge is 2.33. The molecule has 2 atom stereocenters. The number of piperidine rings is 1. The smallest absolute Gasteiger partial charge is 0.128 e. The fourth-order valence-corrected chi connectivity index (χ4v) is 4.01. The SMILES string of the molecule is CCCNCc1ccc(N2CCCC3CCCCC32)nc1. The van der Waals surface area contributed by atoms with Crippen LogP contribution in [-0.2, 0) is 6.54 Å². The molecule has 2 unspecified atom stereocenters. The molecule has 1 saturated heterocycles. The van der Waals surface area contributed by atoms with Crippen molar-refractivity contribution in [2.24, 2.45) is 5.92 Å². The lowest BCUT2D eigenvalue weighted by Gasteiger charge is -2.44. The highest BCUT2D eigenvalue weighted by atomic mass is 15.2. The van der Waals surface area contributed by atoms with Gasteiger partial charge < -0.3 is 10.2 Å². The fraction of sp³-hybridized carbons (Fsp3) is 0.722. The summed E-state index contributed by atoms with van der Waals surface area (Å²) in [6.07, 6.45) is 11.6. The Labute approximate surface area is 129 Å². The Balaban J connectivity index is 1.65. The normalized spacial score (nSPS) is 25.7. The van der Waals surface area contributed by atoms with Gasteiger partial charge in [0.1, 0.15) is 5.82 Å². The van der Waals surface area contributed by atoms with Crippen molar-refractivity contribution >= 4 is 5.82 Å². The van der Waals surface area contributed by atoms with E-state index in [4.69, 9.17) is 4.98 Å². The van der Waals surface area contributed by atoms with Gasteiger partial charge in [0.25, 0.3) is 0 Å². The standard InChI is InChI=1S/C18H29N3/c1-2-11-19-13-15-9-10-18(20-14-15)21-12-5-7-16-6-3-4-8-17(16)21/h9-10,14,16-17,19H,2-8,11-13H2,1H3. The number of aromatic nitrogens is 1. The molecule has 21 heavy (non-hydrogen) atoms. The van der Waals surface area contributed by atoms with Gasteiger partial charge in [0, 0.05) is 25.3 Å². The third-order valence-corrected chi connectivity index (χ3v) is 5.10. The summed E-state index contributed by atoms with van der Waals surface area (Å²) in [6.45, 7) is 5.41. The summed E-state index contributed by atoms with van der Waals surface area (Å²) in [5.41, 5.74) is 1.30. The van der Waals surface area contributed by atoms with E-state index < -0.39 is 0 Å². The van der Waals surface area contributed by atoms with Crippen LogP contribution in [0.1, 0.15) is 57.4 Å². The summed E-state index contributed by atoms with van der Waals surface area (Å²) >= 11 is 0. The molecule has 2 fully saturated rings. The first-order valence-corrected chi connectivity index (χ1v) is 8.81. The summed E-state index contributed by atoms with van der Waals surface area (Å²) in [5.74, 6) is 2.12. The summed E-state index contributed by atoms with van der Waals surface area (Å²) in [4.78, 5) is 7.35. The van der Waals surface area contributed by atoms with Crippen LogP contribution in [-0.4, -0.2) is 24.1 Å². The van der Waals surface area contributed by atoms with E-state index in [9.17, 15) is 0 Å². The van der Waals surface area contributed by atoms with Crippen molar-refractivity contribution in [3.8, 4) is 0 Å². The van der Waals surface area contributed by atoms with Crippen molar-refractivity contribution in [1.29, 1.82) is 0 Å². The molecule has 1 aromatic heterocycles. The zero-order chi connectivity index (χ0) is 14.5. The topological polar surface area (TPSA) is 28.2 Å². The predicted molar refractivity (Wildman–Crippen MR) is 88.6 cm³/mol. The van der Waals surface area contributed by atoms with Crippen LogP contribution in [0.3, 0.4) is 0 Å². The molecule has 2 aliphatic rings. The van der Waals surface area contributed by atoms with Gasteiger partial charge in [-0.15, -0.1) is 0 Å². The van der Waals surface area contributed by atoms with E-state index in [1.165, 1.54) is 62.9 Å². The van der Waals surface area contributed by atoms with E-state index in [1.54, 1.807) is 0 Å². The van der Waals surface area contributed by atoms with Crippen LogP contribution in [0.5, 0.6) is 0 Å². The van der Waals surface area contributed by atoms with E-state index in [-0.39, 0.29) is 0 Å². The van der Waals surface area contributed by atoms with Gasteiger partial charge in [0.2, 0.25) is 0 Å². The van der Waals surface area contributed by atoms with E-state index in [0.29, 0.717) is 0 Å². The number of rotatable bonds is 5. The Morgan fingerprint density at radius 3 is 2.86 bits per heavy atom. The van der Waals surface area contributed by atoms with Gasteiger partial charge in [-0.2, -0.15) is 0 Å². The average molecular weight is 287 g/mol. The number of pyridine rings is 1. The minimum atomic E-state index is 0.754. The number of fused-ring (bicyclic) bond motifs is 1. The third-order valence-electron chi connectivity index (χ3n) is 5.10. The van der Waals surface area contributed by atoms with Gasteiger partial charge >= 0.3 is 0 Å². The van der Waals surface area contributed by atoms with Crippen LogP contribution in [0.15, 0.2) is 18.3 Å². The minimum Gasteiger partial charge on any atom is -0.353 e. The van der Waals surface area contributed by atoms with Gasteiger partial charge in [0.15, 0.2) is 0 Å². The first kappa shape index (κ1) is 14.8.